The number of benzene rings is 1. The molecule has 0 fully saturated rings. The molecule has 1 N–H and O–H groups in total. The average Bonchev–Trinajstić information content (AvgIpc) is 2.84. The second-order valence-corrected chi connectivity index (χ2v) is 7.68. The van der Waals surface area contributed by atoms with Crippen LogP contribution in [0.5, 0.6) is 0 Å². The second-order valence-electron chi connectivity index (χ2n) is 5.76. The molecule has 0 aliphatic carbocycles. The Hall–Kier alpha value is -0.720. The van der Waals surface area contributed by atoms with Crippen molar-refractivity contribution in [2.24, 2.45) is 0 Å². The fourth-order valence-corrected chi connectivity index (χ4v) is 4.03. The van der Waals surface area contributed by atoms with E-state index in [4.69, 9.17) is 0 Å². The lowest BCUT2D eigenvalue weighted by Gasteiger charge is -2.24. The summed E-state index contributed by atoms with van der Waals surface area (Å²) >= 11 is 5.21. The van der Waals surface area contributed by atoms with Crippen LogP contribution in [0, 0.1) is 0 Å². The van der Waals surface area contributed by atoms with E-state index in [0.717, 1.165) is 17.6 Å². The molecule has 0 amide bonds. The monoisotopic (exact) mass is 382 g/mol. The van der Waals surface area contributed by atoms with E-state index in [0.29, 0.717) is 13.1 Å². The van der Waals surface area contributed by atoms with Gasteiger partial charge in [-0.05, 0) is 41.7 Å². The van der Waals surface area contributed by atoms with Crippen LogP contribution < -0.4 is 0 Å². The second kappa shape index (κ2) is 8.79. The fraction of sp³-hybridized carbons (Fsp3) is 0.412. The zero-order valence-corrected chi connectivity index (χ0v) is 15.5. The molecule has 5 heteroatoms. The summed E-state index contributed by atoms with van der Waals surface area (Å²) in [6.45, 7) is 3.08. The normalized spacial score (nSPS) is 13.0. The summed E-state index contributed by atoms with van der Waals surface area (Å²) in [5.41, 5.74) is 1.27. The number of hydrogen-bond donors (Lipinski definition) is 1. The number of hydrogen-bond acceptors (Lipinski definition) is 4. The van der Waals surface area contributed by atoms with Gasteiger partial charge in [-0.1, -0.05) is 30.3 Å². The van der Waals surface area contributed by atoms with Crippen molar-refractivity contribution in [2.45, 2.75) is 19.2 Å². The van der Waals surface area contributed by atoms with Gasteiger partial charge in [0.1, 0.15) is 0 Å². The molecule has 0 radical (unpaired) electrons. The van der Waals surface area contributed by atoms with Crippen LogP contribution in [0.3, 0.4) is 0 Å². The van der Waals surface area contributed by atoms with Crippen molar-refractivity contribution < 1.29 is 5.11 Å². The zero-order valence-electron chi connectivity index (χ0n) is 13.1. The molecule has 0 aliphatic heterocycles. The van der Waals surface area contributed by atoms with Gasteiger partial charge in [0.25, 0.3) is 0 Å². The van der Waals surface area contributed by atoms with Crippen LogP contribution in [-0.4, -0.2) is 48.2 Å². The smallest absolute Gasteiger partial charge is 0.0793 e. The first-order chi connectivity index (χ1) is 10.5. The molecule has 1 aromatic heterocycles. The molecular formula is C17H23BrN2OS. The van der Waals surface area contributed by atoms with Crippen LogP contribution in [0.2, 0.25) is 0 Å². The van der Waals surface area contributed by atoms with Crippen LogP contribution in [0.1, 0.15) is 10.4 Å². The number of likely N-dealkylation sites (N-methyl/N-ethyl adjacent to an activating group) is 2. The van der Waals surface area contributed by atoms with E-state index in [2.05, 4.69) is 49.3 Å². The number of thiophene rings is 1. The third-order valence-electron chi connectivity index (χ3n) is 3.39. The molecule has 0 spiro atoms. The molecule has 3 nitrogen and oxygen atoms in total. The molecule has 1 unspecified atom stereocenters. The topological polar surface area (TPSA) is 26.7 Å². The predicted octanol–water partition coefficient (Wildman–Crippen LogP) is 3.44. The SMILES string of the molecule is CN(Cc1ccccc1)CC(O)CN(C)Cc1cc(Br)cs1. The number of aliphatic hydroxyl groups excluding tert-OH is 1. The van der Waals surface area contributed by atoms with E-state index < -0.39 is 0 Å². The largest absolute Gasteiger partial charge is 0.390 e. The van der Waals surface area contributed by atoms with E-state index in [1.807, 2.05) is 32.3 Å². The van der Waals surface area contributed by atoms with Crippen molar-refractivity contribution in [3.05, 3.63) is 56.7 Å². The van der Waals surface area contributed by atoms with E-state index in [1.165, 1.54) is 10.4 Å². The van der Waals surface area contributed by atoms with Crippen molar-refractivity contribution in [3.63, 3.8) is 0 Å². The Morgan fingerprint density at radius 2 is 1.73 bits per heavy atom. The molecule has 120 valence electrons. The molecule has 22 heavy (non-hydrogen) atoms. The molecule has 0 bridgehead atoms. The van der Waals surface area contributed by atoms with Gasteiger partial charge in [-0.15, -0.1) is 11.3 Å². The maximum Gasteiger partial charge on any atom is 0.0793 e. The Labute approximate surface area is 145 Å². The van der Waals surface area contributed by atoms with Crippen molar-refractivity contribution in [3.8, 4) is 0 Å². The van der Waals surface area contributed by atoms with Gasteiger partial charge in [-0.3, -0.25) is 9.80 Å². The van der Waals surface area contributed by atoms with Crippen LogP contribution >= 0.6 is 27.3 Å². The number of rotatable bonds is 8. The lowest BCUT2D eigenvalue weighted by atomic mass is 10.2. The van der Waals surface area contributed by atoms with E-state index in [1.54, 1.807) is 11.3 Å². The lowest BCUT2D eigenvalue weighted by molar-refractivity contribution is 0.0871. The van der Waals surface area contributed by atoms with Crippen molar-refractivity contribution >= 4 is 27.3 Å². The van der Waals surface area contributed by atoms with E-state index in [-0.39, 0.29) is 6.10 Å². The van der Waals surface area contributed by atoms with Crippen LogP contribution in [-0.2, 0) is 13.1 Å². The minimum atomic E-state index is -0.345. The minimum absolute atomic E-state index is 0.345. The van der Waals surface area contributed by atoms with Gasteiger partial charge in [0.05, 0.1) is 6.10 Å². The van der Waals surface area contributed by atoms with Gasteiger partial charge < -0.3 is 5.11 Å². The van der Waals surface area contributed by atoms with Gasteiger partial charge >= 0.3 is 0 Å². The Kier molecular flexibility index (Phi) is 7.05. The first-order valence-corrected chi connectivity index (χ1v) is 9.02. The molecule has 1 heterocycles. The molecule has 0 aliphatic rings. The summed E-state index contributed by atoms with van der Waals surface area (Å²) in [5.74, 6) is 0. The van der Waals surface area contributed by atoms with E-state index >= 15 is 0 Å². The summed E-state index contributed by atoms with van der Waals surface area (Å²) in [6, 6.07) is 12.5. The first kappa shape index (κ1) is 17.6. The average molecular weight is 383 g/mol. The highest BCUT2D eigenvalue weighted by molar-refractivity contribution is 9.10. The van der Waals surface area contributed by atoms with Gasteiger partial charge in [-0.2, -0.15) is 0 Å². The summed E-state index contributed by atoms with van der Waals surface area (Å²) < 4.78 is 1.13. The maximum atomic E-state index is 10.3. The minimum Gasteiger partial charge on any atom is -0.390 e. The van der Waals surface area contributed by atoms with Crippen molar-refractivity contribution in [1.82, 2.24) is 9.80 Å². The van der Waals surface area contributed by atoms with Crippen LogP contribution in [0.15, 0.2) is 46.3 Å². The van der Waals surface area contributed by atoms with Crippen LogP contribution in [0.4, 0.5) is 0 Å². The summed E-state index contributed by atoms with van der Waals surface area (Å²) in [5, 5.41) is 12.4. The molecule has 0 saturated carbocycles. The fourth-order valence-electron chi connectivity index (χ4n) is 2.50. The first-order valence-electron chi connectivity index (χ1n) is 7.35. The number of halogens is 1. The van der Waals surface area contributed by atoms with Crippen molar-refractivity contribution in [2.75, 3.05) is 27.2 Å². The van der Waals surface area contributed by atoms with Gasteiger partial charge in [0, 0.05) is 40.9 Å². The summed E-state index contributed by atoms with van der Waals surface area (Å²) in [4.78, 5) is 5.63. The highest BCUT2D eigenvalue weighted by atomic mass is 79.9. The zero-order chi connectivity index (χ0) is 15.9. The number of nitrogens with zero attached hydrogens (tertiary/aromatic N) is 2. The third-order valence-corrected chi connectivity index (χ3v) is 5.07. The third kappa shape index (κ3) is 6.18. The van der Waals surface area contributed by atoms with E-state index in [9.17, 15) is 5.11 Å². The van der Waals surface area contributed by atoms with Crippen molar-refractivity contribution in [1.29, 1.82) is 0 Å². The molecule has 1 aromatic carbocycles. The van der Waals surface area contributed by atoms with Gasteiger partial charge in [0.2, 0.25) is 0 Å². The Bertz CT molecular complexity index is 561. The predicted molar refractivity (Wildman–Crippen MR) is 97.1 cm³/mol. The molecule has 2 rings (SSSR count). The molecule has 1 atom stereocenters. The summed E-state index contributed by atoms with van der Waals surface area (Å²) in [7, 11) is 4.10. The maximum absolute atomic E-state index is 10.3. The lowest BCUT2D eigenvalue weighted by Crippen LogP contribution is -2.36. The summed E-state index contributed by atoms with van der Waals surface area (Å²) in [6.07, 6.45) is -0.345. The molecular weight excluding hydrogens is 360 g/mol. The molecule has 2 aromatic rings. The molecule has 0 saturated heterocycles. The highest BCUT2D eigenvalue weighted by Gasteiger charge is 2.12. The Morgan fingerprint density at radius 1 is 1.09 bits per heavy atom. The standard InChI is InChI=1S/C17H23BrN2OS/c1-19(9-14-6-4-3-5-7-14)10-16(21)11-20(2)12-17-8-15(18)13-22-17/h3-8,13,16,21H,9-12H2,1-2H3. The Balaban J connectivity index is 1.73. The van der Waals surface area contributed by atoms with Gasteiger partial charge in [-0.25, -0.2) is 0 Å². The number of aliphatic hydroxyl groups is 1. The van der Waals surface area contributed by atoms with Crippen LogP contribution in [0.25, 0.3) is 0 Å². The highest BCUT2D eigenvalue weighted by Crippen LogP contribution is 2.20. The quantitative estimate of drug-likeness (QED) is 0.757. The van der Waals surface area contributed by atoms with Gasteiger partial charge in [0.15, 0.2) is 0 Å². The Morgan fingerprint density at radius 3 is 2.32 bits per heavy atom.